The first-order valence-electron chi connectivity index (χ1n) is 9.58. The van der Waals surface area contributed by atoms with Gasteiger partial charge in [-0.25, -0.2) is 14.3 Å². The summed E-state index contributed by atoms with van der Waals surface area (Å²) in [5, 5.41) is 6.43. The molecule has 1 N–H and O–H groups in total. The summed E-state index contributed by atoms with van der Waals surface area (Å²) in [7, 11) is 0. The lowest BCUT2D eigenvalue weighted by atomic mass is 10.1. The van der Waals surface area contributed by atoms with Crippen LogP contribution in [0.1, 0.15) is 64.7 Å². The maximum atomic E-state index is 12.5. The molecule has 7 heteroatoms. The lowest BCUT2D eigenvalue weighted by molar-refractivity contribution is 0.243. The Bertz CT molecular complexity index is 748. The average Bonchev–Trinajstić information content (AvgIpc) is 3.01. The van der Waals surface area contributed by atoms with Crippen molar-refractivity contribution in [3.63, 3.8) is 0 Å². The van der Waals surface area contributed by atoms with Gasteiger partial charge in [0.2, 0.25) is 5.95 Å². The van der Waals surface area contributed by atoms with E-state index in [-0.39, 0.29) is 12.0 Å². The molecule has 0 unspecified atom stereocenters. The van der Waals surface area contributed by atoms with Crippen molar-refractivity contribution >= 4 is 23.0 Å². The summed E-state index contributed by atoms with van der Waals surface area (Å²) in [6.07, 6.45) is 11.2. The monoisotopic (exact) mass is 356 g/mol. The average molecular weight is 356 g/mol. The van der Waals surface area contributed by atoms with Crippen LogP contribution >= 0.6 is 0 Å². The maximum Gasteiger partial charge on any atom is 0.327 e. The summed E-state index contributed by atoms with van der Waals surface area (Å²) in [5.41, 5.74) is 9.96. The molecule has 26 heavy (non-hydrogen) atoms. The Hall–Kier alpha value is -2.53. The Kier molecular flexibility index (Phi) is 8.49. The summed E-state index contributed by atoms with van der Waals surface area (Å²) in [5.74, 6) is 0.0679. The number of rotatable bonds is 11. The predicted octanol–water partition coefficient (Wildman–Crippen LogP) is 6.07. The van der Waals surface area contributed by atoms with E-state index in [1.165, 1.54) is 49.5 Å². The number of carbonyl (C=O) groups is 1. The number of benzene rings is 1. The summed E-state index contributed by atoms with van der Waals surface area (Å²) < 4.78 is 1.34. The normalized spacial score (nSPS) is 10.7. The molecule has 2 rings (SSSR count). The molecule has 0 atom stereocenters. The second-order valence-corrected chi connectivity index (χ2v) is 6.49. The summed E-state index contributed by atoms with van der Waals surface area (Å²) in [4.78, 5) is 19.4. The van der Waals surface area contributed by atoms with Gasteiger partial charge in [0, 0.05) is 11.5 Å². The molecule has 1 aromatic heterocycles. The Morgan fingerprint density at radius 1 is 1.12 bits per heavy atom. The van der Waals surface area contributed by atoms with Crippen LogP contribution in [-0.4, -0.2) is 22.1 Å². The quantitative estimate of drug-likeness (QED) is 0.229. The first kappa shape index (κ1) is 19.8. The lowest BCUT2D eigenvalue weighted by Crippen LogP contribution is -2.29. The number of amides is 1. The van der Waals surface area contributed by atoms with Gasteiger partial charge >= 0.3 is 6.03 Å². The zero-order chi connectivity index (χ0) is 18.6. The number of carbonyl (C=O) groups excluding carboxylic acids is 1. The van der Waals surface area contributed by atoms with Crippen molar-refractivity contribution in [3.05, 3.63) is 34.7 Å². The molecule has 0 aliphatic rings. The van der Waals surface area contributed by atoms with E-state index in [4.69, 9.17) is 5.53 Å². The number of fused-ring (bicyclic) bond motifs is 1. The number of hydrogen-bond acceptors (Lipinski definition) is 3. The van der Waals surface area contributed by atoms with Gasteiger partial charge in [-0.15, -0.1) is 0 Å². The van der Waals surface area contributed by atoms with Crippen LogP contribution < -0.4 is 5.32 Å². The Morgan fingerprint density at radius 3 is 2.46 bits per heavy atom. The number of nitrogens with zero attached hydrogens (tertiary/aromatic N) is 5. The molecule has 0 spiro atoms. The highest BCUT2D eigenvalue weighted by Crippen LogP contribution is 2.21. The van der Waals surface area contributed by atoms with Gasteiger partial charge in [0.25, 0.3) is 0 Å². The minimum atomic E-state index is -0.305. The summed E-state index contributed by atoms with van der Waals surface area (Å²) in [6, 6.07) is 6.93. The van der Waals surface area contributed by atoms with E-state index >= 15 is 0 Å². The predicted molar refractivity (Wildman–Crippen MR) is 105 cm³/mol. The van der Waals surface area contributed by atoms with Crippen LogP contribution in [0.25, 0.3) is 21.5 Å². The highest BCUT2D eigenvalue weighted by Gasteiger charge is 2.14. The van der Waals surface area contributed by atoms with E-state index in [2.05, 4.69) is 27.3 Å². The highest BCUT2D eigenvalue weighted by molar-refractivity contribution is 5.92. The van der Waals surface area contributed by atoms with Gasteiger partial charge < -0.3 is 5.32 Å². The smallest absolute Gasteiger partial charge is 0.327 e. The maximum absolute atomic E-state index is 12.5. The second-order valence-electron chi connectivity index (χ2n) is 6.49. The van der Waals surface area contributed by atoms with Gasteiger partial charge in [-0.05, 0) is 29.2 Å². The number of azide groups is 1. The van der Waals surface area contributed by atoms with Gasteiger partial charge in [-0.2, -0.15) is 0 Å². The minimum Gasteiger partial charge on any atom is -0.337 e. The summed E-state index contributed by atoms with van der Waals surface area (Å²) in [6.45, 7) is 2.84. The minimum absolute atomic E-state index is 0.0679. The van der Waals surface area contributed by atoms with Crippen molar-refractivity contribution < 1.29 is 4.79 Å². The van der Waals surface area contributed by atoms with Gasteiger partial charge in [0.1, 0.15) is 0 Å². The molecule has 0 fully saturated rings. The Balaban J connectivity index is 1.76. The Labute approximate surface area is 154 Å². The van der Waals surface area contributed by atoms with Crippen molar-refractivity contribution in [3.8, 4) is 0 Å². The van der Waals surface area contributed by atoms with E-state index in [0.29, 0.717) is 17.6 Å². The van der Waals surface area contributed by atoms with Crippen LogP contribution in [0.2, 0.25) is 0 Å². The second kappa shape index (κ2) is 11.2. The van der Waals surface area contributed by atoms with Gasteiger partial charge in [-0.3, -0.25) is 0 Å². The van der Waals surface area contributed by atoms with E-state index < -0.39 is 0 Å². The first-order valence-corrected chi connectivity index (χ1v) is 9.58. The van der Waals surface area contributed by atoms with Gasteiger partial charge in [0.05, 0.1) is 11.0 Å². The van der Waals surface area contributed by atoms with Crippen LogP contribution in [0, 0.1) is 0 Å². The first-order chi connectivity index (χ1) is 12.8. The SMILES string of the molecule is CCCCCCCCCCCNC(=O)n1c(N=[N+]=[N-])nc2ccccc21. The number of nitrogens with one attached hydrogen (secondary N) is 1. The number of unbranched alkanes of at least 4 members (excludes halogenated alkanes) is 8. The zero-order valence-corrected chi connectivity index (χ0v) is 15.5. The molecule has 0 saturated heterocycles. The summed E-state index contributed by atoms with van der Waals surface area (Å²) >= 11 is 0. The molecule has 0 radical (unpaired) electrons. The van der Waals surface area contributed by atoms with Gasteiger partial charge in [-0.1, -0.05) is 70.4 Å². The third-order valence-corrected chi connectivity index (χ3v) is 4.44. The third-order valence-electron chi connectivity index (χ3n) is 4.44. The number of imidazole rings is 1. The fourth-order valence-corrected chi connectivity index (χ4v) is 3.03. The van der Waals surface area contributed by atoms with Crippen molar-refractivity contribution in [2.24, 2.45) is 5.11 Å². The molecule has 0 aliphatic carbocycles. The molecule has 1 aromatic carbocycles. The van der Waals surface area contributed by atoms with Gasteiger partial charge in [0.15, 0.2) is 0 Å². The van der Waals surface area contributed by atoms with Crippen LogP contribution in [0.3, 0.4) is 0 Å². The van der Waals surface area contributed by atoms with Crippen molar-refractivity contribution in [2.75, 3.05) is 6.54 Å². The molecule has 0 bridgehead atoms. The highest BCUT2D eigenvalue weighted by atomic mass is 16.2. The molecular formula is C19H28N6O. The van der Waals surface area contributed by atoms with Crippen LogP contribution in [0.4, 0.5) is 10.7 Å². The molecule has 1 amide bonds. The Morgan fingerprint density at radius 2 is 1.77 bits per heavy atom. The number of para-hydroxylation sites is 2. The molecule has 7 nitrogen and oxygen atoms in total. The van der Waals surface area contributed by atoms with Crippen LogP contribution in [0.5, 0.6) is 0 Å². The standard InChI is InChI=1S/C19H28N6O/c1-2-3-4-5-6-7-8-9-12-15-21-19(26)25-17-14-11-10-13-16(17)22-18(25)23-24-20/h10-11,13-14H,2-9,12,15H2,1H3,(H,21,26). The molecule has 140 valence electrons. The molecule has 2 aromatic rings. The molecular weight excluding hydrogens is 328 g/mol. The number of aromatic nitrogens is 2. The molecule has 1 heterocycles. The van der Waals surface area contributed by atoms with Crippen molar-refractivity contribution in [1.29, 1.82) is 0 Å². The van der Waals surface area contributed by atoms with E-state index in [1.807, 2.05) is 12.1 Å². The van der Waals surface area contributed by atoms with Crippen molar-refractivity contribution in [1.82, 2.24) is 14.9 Å². The largest absolute Gasteiger partial charge is 0.337 e. The van der Waals surface area contributed by atoms with E-state index in [0.717, 1.165) is 12.8 Å². The van der Waals surface area contributed by atoms with E-state index in [1.54, 1.807) is 12.1 Å². The fourth-order valence-electron chi connectivity index (χ4n) is 3.03. The van der Waals surface area contributed by atoms with E-state index in [9.17, 15) is 4.79 Å². The molecule has 0 aliphatic heterocycles. The van der Waals surface area contributed by atoms with Crippen LogP contribution in [0.15, 0.2) is 29.4 Å². The zero-order valence-electron chi connectivity index (χ0n) is 15.5. The molecule has 0 saturated carbocycles. The fraction of sp³-hybridized carbons (Fsp3) is 0.579. The topological polar surface area (TPSA) is 95.7 Å². The lowest BCUT2D eigenvalue weighted by Gasteiger charge is -2.08. The van der Waals surface area contributed by atoms with Crippen LogP contribution in [-0.2, 0) is 0 Å². The van der Waals surface area contributed by atoms with Crippen molar-refractivity contribution in [2.45, 2.75) is 64.7 Å². The third kappa shape index (κ3) is 5.77. The number of hydrogen-bond donors (Lipinski definition) is 1.